The smallest absolute Gasteiger partial charge is 0.233 e. The van der Waals surface area contributed by atoms with Crippen LogP contribution >= 0.6 is 0 Å². The normalized spacial score (nSPS) is 11.2. The van der Waals surface area contributed by atoms with Crippen molar-refractivity contribution in [3.63, 3.8) is 0 Å². The lowest BCUT2D eigenvalue weighted by Gasteiger charge is -2.10. The maximum Gasteiger partial charge on any atom is 0.233 e. The highest BCUT2D eigenvalue weighted by Crippen LogP contribution is 2.20. The summed E-state index contributed by atoms with van der Waals surface area (Å²) in [4.78, 5) is 4.10. The van der Waals surface area contributed by atoms with Gasteiger partial charge in [0.05, 0.1) is 17.1 Å². The van der Waals surface area contributed by atoms with E-state index < -0.39 is 10.0 Å². The molecular weight excluding hydrogens is 274 g/mol. The van der Waals surface area contributed by atoms with Crippen LogP contribution in [0.2, 0.25) is 0 Å². The van der Waals surface area contributed by atoms with E-state index in [1.165, 1.54) is 0 Å². The number of sulfonamides is 1. The van der Waals surface area contributed by atoms with Gasteiger partial charge in [-0.05, 0) is 36.8 Å². The van der Waals surface area contributed by atoms with Crippen molar-refractivity contribution in [3.8, 4) is 0 Å². The molecule has 0 amide bonds. The summed E-state index contributed by atoms with van der Waals surface area (Å²) in [5.41, 5.74) is 8.36. The predicted molar refractivity (Wildman–Crippen MR) is 80.9 cm³/mol. The van der Waals surface area contributed by atoms with E-state index in [9.17, 15) is 8.42 Å². The number of aromatic nitrogens is 1. The second-order valence-electron chi connectivity index (χ2n) is 4.58. The van der Waals surface area contributed by atoms with Crippen LogP contribution in [0.25, 0.3) is 0 Å². The summed E-state index contributed by atoms with van der Waals surface area (Å²) in [5.74, 6) is -0.0304. The summed E-state index contributed by atoms with van der Waals surface area (Å²) >= 11 is 0. The molecule has 20 heavy (non-hydrogen) atoms. The minimum atomic E-state index is -3.44. The standard InChI is InChI=1S/C14H17N3O2S/c1-11-5-6-14(13(15)10-11)17-20(18,19)9-7-12-4-2-3-8-16-12/h2-6,8,10,17H,7,9,15H2,1H3. The third-order valence-corrected chi connectivity index (χ3v) is 4.10. The van der Waals surface area contributed by atoms with Crippen molar-refractivity contribution in [2.24, 2.45) is 0 Å². The number of aryl methyl sites for hydroxylation is 2. The molecule has 6 heteroatoms. The number of hydrogen-bond acceptors (Lipinski definition) is 4. The Balaban J connectivity index is 2.04. The Morgan fingerprint density at radius 1 is 1.25 bits per heavy atom. The molecule has 0 saturated carbocycles. The summed E-state index contributed by atoms with van der Waals surface area (Å²) in [6, 6.07) is 10.6. The Bertz CT molecular complexity index is 685. The highest BCUT2D eigenvalue weighted by molar-refractivity contribution is 7.92. The van der Waals surface area contributed by atoms with Gasteiger partial charge in [-0.2, -0.15) is 0 Å². The highest BCUT2D eigenvalue weighted by atomic mass is 32.2. The number of benzene rings is 1. The molecule has 1 aromatic heterocycles. The quantitative estimate of drug-likeness (QED) is 0.825. The van der Waals surface area contributed by atoms with Crippen LogP contribution in [0, 0.1) is 6.92 Å². The van der Waals surface area contributed by atoms with E-state index in [4.69, 9.17) is 5.73 Å². The molecule has 1 aromatic carbocycles. The van der Waals surface area contributed by atoms with Crippen LogP contribution in [-0.4, -0.2) is 19.2 Å². The SMILES string of the molecule is Cc1ccc(NS(=O)(=O)CCc2ccccn2)c(N)c1. The zero-order chi connectivity index (χ0) is 14.6. The van der Waals surface area contributed by atoms with Gasteiger partial charge < -0.3 is 5.73 Å². The first-order chi connectivity index (χ1) is 9.46. The Hall–Kier alpha value is -2.08. The maximum atomic E-state index is 12.0. The van der Waals surface area contributed by atoms with Gasteiger partial charge >= 0.3 is 0 Å². The Morgan fingerprint density at radius 3 is 2.70 bits per heavy atom. The van der Waals surface area contributed by atoms with Gasteiger partial charge in [-0.15, -0.1) is 0 Å². The second kappa shape index (κ2) is 5.92. The molecule has 2 rings (SSSR count). The first-order valence-corrected chi connectivity index (χ1v) is 7.88. The minimum Gasteiger partial charge on any atom is -0.397 e. The van der Waals surface area contributed by atoms with E-state index in [-0.39, 0.29) is 5.75 Å². The van der Waals surface area contributed by atoms with Gasteiger partial charge in [-0.25, -0.2) is 8.42 Å². The average molecular weight is 291 g/mol. The number of nitrogens with zero attached hydrogens (tertiary/aromatic N) is 1. The summed E-state index contributed by atoms with van der Waals surface area (Å²) in [7, 11) is -3.44. The molecule has 0 aliphatic rings. The lowest BCUT2D eigenvalue weighted by molar-refractivity contribution is 0.600. The van der Waals surface area contributed by atoms with Crippen molar-refractivity contribution in [2.75, 3.05) is 16.2 Å². The van der Waals surface area contributed by atoms with Crippen LogP contribution in [0.3, 0.4) is 0 Å². The van der Waals surface area contributed by atoms with Gasteiger partial charge in [-0.1, -0.05) is 12.1 Å². The zero-order valence-corrected chi connectivity index (χ0v) is 12.0. The largest absolute Gasteiger partial charge is 0.397 e. The van der Waals surface area contributed by atoms with Crippen LogP contribution in [0.4, 0.5) is 11.4 Å². The molecule has 0 radical (unpaired) electrons. The number of rotatable bonds is 5. The average Bonchev–Trinajstić information content (AvgIpc) is 2.41. The maximum absolute atomic E-state index is 12.0. The number of nitrogen functional groups attached to an aromatic ring is 1. The zero-order valence-electron chi connectivity index (χ0n) is 11.2. The van der Waals surface area contributed by atoms with Crippen molar-refractivity contribution in [3.05, 3.63) is 53.9 Å². The molecule has 106 valence electrons. The molecule has 0 aliphatic carbocycles. The van der Waals surface area contributed by atoms with Crippen LogP contribution in [0.1, 0.15) is 11.3 Å². The molecule has 0 atom stereocenters. The molecule has 0 unspecified atom stereocenters. The molecule has 1 heterocycles. The monoisotopic (exact) mass is 291 g/mol. The predicted octanol–water partition coefficient (Wildman–Crippen LogP) is 1.96. The Kier molecular flexibility index (Phi) is 4.24. The molecule has 0 fully saturated rings. The Labute approximate surface area is 118 Å². The van der Waals surface area contributed by atoms with Gasteiger partial charge in [0.25, 0.3) is 0 Å². The summed E-state index contributed by atoms with van der Waals surface area (Å²) in [5, 5.41) is 0. The van der Waals surface area contributed by atoms with E-state index in [0.29, 0.717) is 17.8 Å². The van der Waals surface area contributed by atoms with Crippen molar-refractivity contribution >= 4 is 21.4 Å². The van der Waals surface area contributed by atoms with E-state index in [0.717, 1.165) is 11.3 Å². The number of pyridine rings is 1. The van der Waals surface area contributed by atoms with Gasteiger partial charge in [0.1, 0.15) is 0 Å². The van der Waals surface area contributed by atoms with E-state index in [1.54, 1.807) is 30.5 Å². The van der Waals surface area contributed by atoms with Gasteiger partial charge in [-0.3, -0.25) is 9.71 Å². The summed E-state index contributed by atoms with van der Waals surface area (Å²) in [6.45, 7) is 1.90. The molecule has 2 aromatic rings. The summed E-state index contributed by atoms with van der Waals surface area (Å²) in [6.07, 6.45) is 2.01. The fraction of sp³-hybridized carbons (Fsp3) is 0.214. The number of anilines is 2. The number of nitrogens with one attached hydrogen (secondary N) is 1. The first-order valence-electron chi connectivity index (χ1n) is 6.23. The topological polar surface area (TPSA) is 85.1 Å². The fourth-order valence-corrected chi connectivity index (χ4v) is 2.88. The highest BCUT2D eigenvalue weighted by Gasteiger charge is 2.12. The van der Waals surface area contributed by atoms with E-state index >= 15 is 0 Å². The third-order valence-electron chi connectivity index (χ3n) is 2.83. The van der Waals surface area contributed by atoms with Crippen molar-refractivity contribution < 1.29 is 8.42 Å². The molecule has 0 spiro atoms. The second-order valence-corrected chi connectivity index (χ2v) is 6.42. The number of nitrogens with two attached hydrogens (primary N) is 1. The molecule has 5 nitrogen and oxygen atoms in total. The molecule has 0 bridgehead atoms. The molecule has 3 N–H and O–H groups in total. The third kappa shape index (κ3) is 3.96. The molecular formula is C14H17N3O2S. The first kappa shape index (κ1) is 14.3. The minimum absolute atomic E-state index is 0.0304. The van der Waals surface area contributed by atoms with Crippen LogP contribution in [0.5, 0.6) is 0 Å². The lowest BCUT2D eigenvalue weighted by Crippen LogP contribution is -2.19. The lowest BCUT2D eigenvalue weighted by atomic mass is 10.2. The van der Waals surface area contributed by atoms with Crippen LogP contribution in [-0.2, 0) is 16.4 Å². The number of hydrogen-bond donors (Lipinski definition) is 2. The van der Waals surface area contributed by atoms with E-state index in [1.807, 2.05) is 19.1 Å². The van der Waals surface area contributed by atoms with Crippen LogP contribution < -0.4 is 10.5 Å². The fourth-order valence-electron chi connectivity index (χ4n) is 1.78. The van der Waals surface area contributed by atoms with E-state index in [2.05, 4.69) is 9.71 Å². The van der Waals surface area contributed by atoms with Gasteiger partial charge in [0, 0.05) is 18.3 Å². The molecule has 0 aliphatic heterocycles. The summed E-state index contributed by atoms with van der Waals surface area (Å²) < 4.78 is 26.5. The van der Waals surface area contributed by atoms with Crippen LogP contribution in [0.15, 0.2) is 42.6 Å². The van der Waals surface area contributed by atoms with Gasteiger partial charge in [0.2, 0.25) is 10.0 Å². The van der Waals surface area contributed by atoms with Crippen molar-refractivity contribution in [1.29, 1.82) is 0 Å². The molecule has 0 saturated heterocycles. The van der Waals surface area contributed by atoms with Gasteiger partial charge in [0.15, 0.2) is 0 Å². The van der Waals surface area contributed by atoms with Crippen molar-refractivity contribution in [1.82, 2.24) is 4.98 Å². The van der Waals surface area contributed by atoms with Crippen molar-refractivity contribution in [2.45, 2.75) is 13.3 Å². The Morgan fingerprint density at radius 2 is 2.05 bits per heavy atom.